The highest BCUT2D eigenvalue weighted by Gasteiger charge is 2.31. The number of amides is 1. The Labute approximate surface area is 136 Å². The number of benzene rings is 1. The zero-order valence-electron chi connectivity index (χ0n) is 13.9. The van der Waals surface area contributed by atoms with E-state index in [2.05, 4.69) is 17.3 Å². The van der Waals surface area contributed by atoms with Gasteiger partial charge in [-0.1, -0.05) is 12.1 Å². The van der Waals surface area contributed by atoms with Crippen LogP contribution in [0.15, 0.2) is 30.5 Å². The second kappa shape index (κ2) is 6.44. The number of carbonyl (C=O) groups is 1. The van der Waals surface area contributed by atoms with E-state index in [1.165, 1.54) is 12.8 Å². The van der Waals surface area contributed by atoms with Gasteiger partial charge in [0.05, 0.1) is 24.4 Å². The molecule has 0 bridgehead atoms. The van der Waals surface area contributed by atoms with Crippen LogP contribution in [-0.2, 0) is 0 Å². The predicted molar refractivity (Wildman–Crippen MR) is 90.0 cm³/mol. The molecule has 2 aromatic rings. The monoisotopic (exact) mass is 313 g/mol. The lowest BCUT2D eigenvalue weighted by Crippen LogP contribution is -2.19. The molecule has 0 aliphatic heterocycles. The van der Waals surface area contributed by atoms with Crippen molar-refractivity contribution in [3.05, 3.63) is 41.6 Å². The van der Waals surface area contributed by atoms with E-state index in [1.807, 2.05) is 42.9 Å². The molecular weight excluding hydrogens is 290 g/mol. The minimum atomic E-state index is -0.165. The Bertz CT molecular complexity index is 704. The third-order valence-corrected chi connectivity index (χ3v) is 4.33. The number of ether oxygens (including phenoxy) is 1. The third kappa shape index (κ3) is 3.23. The van der Waals surface area contributed by atoms with E-state index < -0.39 is 0 Å². The van der Waals surface area contributed by atoms with Gasteiger partial charge in [-0.15, -0.1) is 0 Å². The Morgan fingerprint density at radius 1 is 1.43 bits per heavy atom. The summed E-state index contributed by atoms with van der Waals surface area (Å²) in [5.41, 5.74) is 1.51. The number of anilines is 1. The molecule has 1 unspecified atom stereocenters. The van der Waals surface area contributed by atoms with Crippen LogP contribution >= 0.6 is 0 Å². The second-order valence-corrected chi connectivity index (χ2v) is 6.08. The third-order valence-electron chi connectivity index (χ3n) is 4.33. The maximum Gasteiger partial charge on any atom is 0.260 e. The lowest BCUT2D eigenvalue weighted by Gasteiger charge is -2.17. The fourth-order valence-corrected chi connectivity index (χ4v) is 2.80. The Kier molecular flexibility index (Phi) is 4.37. The maximum absolute atomic E-state index is 12.7. The zero-order valence-corrected chi connectivity index (χ0v) is 13.9. The van der Waals surface area contributed by atoms with E-state index >= 15 is 0 Å². The van der Waals surface area contributed by atoms with E-state index in [-0.39, 0.29) is 5.91 Å². The zero-order chi connectivity index (χ0) is 16.4. The molecule has 3 rings (SSSR count). The summed E-state index contributed by atoms with van der Waals surface area (Å²) >= 11 is 0. The molecule has 1 fully saturated rings. The van der Waals surface area contributed by atoms with Crippen molar-refractivity contribution in [2.24, 2.45) is 5.92 Å². The van der Waals surface area contributed by atoms with Gasteiger partial charge in [0.1, 0.15) is 11.6 Å². The normalized spacial score (nSPS) is 15.3. The number of rotatable bonds is 6. The highest BCUT2D eigenvalue weighted by molar-refractivity contribution is 6.06. The SMILES string of the molecule is CCOc1ccccc1C(=O)Nc1c(C)cnn1C(C)C1CC1. The quantitative estimate of drug-likeness (QED) is 0.882. The van der Waals surface area contributed by atoms with Gasteiger partial charge in [-0.05, 0) is 51.7 Å². The van der Waals surface area contributed by atoms with Crippen LogP contribution in [-0.4, -0.2) is 22.3 Å². The molecule has 5 nitrogen and oxygen atoms in total. The van der Waals surface area contributed by atoms with Gasteiger partial charge >= 0.3 is 0 Å². The molecule has 1 aliphatic rings. The lowest BCUT2D eigenvalue weighted by atomic mass is 10.2. The first-order valence-corrected chi connectivity index (χ1v) is 8.19. The fraction of sp³-hybridized carbons (Fsp3) is 0.444. The molecular formula is C18H23N3O2. The molecule has 0 radical (unpaired) electrons. The molecule has 0 spiro atoms. The maximum atomic E-state index is 12.7. The number of aryl methyl sites for hydroxylation is 1. The second-order valence-electron chi connectivity index (χ2n) is 6.08. The summed E-state index contributed by atoms with van der Waals surface area (Å²) in [6.07, 6.45) is 4.28. The molecule has 1 amide bonds. The number of carbonyl (C=O) groups excluding carboxylic acids is 1. The van der Waals surface area contributed by atoms with E-state index in [0.717, 1.165) is 11.4 Å². The number of hydrogen-bond donors (Lipinski definition) is 1. The largest absolute Gasteiger partial charge is 0.493 e. The fourth-order valence-electron chi connectivity index (χ4n) is 2.80. The summed E-state index contributed by atoms with van der Waals surface area (Å²) in [6, 6.07) is 7.61. The van der Waals surface area contributed by atoms with Gasteiger partial charge in [0.2, 0.25) is 0 Å². The Morgan fingerprint density at radius 3 is 2.87 bits per heavy atom. The smallest absolute Gasteiger partial charge is 0.260 e. The molecule has 1 aliphatic carbocycles. The van der Waals surface area contributed by atoms with Gasteiger partial charge in [0.25, 0.3) is 5.91 Å². The van der Waals surface area contributed by atoms with Gasteiger partial charge < -0.3 is 10.1 Å². The van der Waals surface area contributed by atoms with Crippen molar-refractivity contribution in [3.8, 4) is 5.75 Å². The topological polar surface area (TPSA) is 56.1 Å². The Hall–Kier alpha value is -2.30. The molecule has 23 heavy (non-hydrogen) atoms. The number of nitrogens with zero attached hydrogens (tertiary/aromatic N) is 2. The molecule has 0 saturated heterocycles. The van der Waals surface area contributed by atoms with Gasteiger partial charge in [-0.3, -0.25) is 4.79 Å². The molecule has 1 N–H and O–H groups in total. The van der Waals surface area contributed by atoms with Crippen LogP contribution in [0.4, 0.5) is 5.82 Å². The van der Waals surface area contributed by atoms with E-state index in [9.17, 15) is 4.79 Å². The van der Waals surface area contributed by atoms with Crippen LogP contribution in [0.1, 0.15) is 48.7 Å². The van der Waals surface area contributed by atoms with Crippen molar-refractivity contribution in [1.29, 1.82) is 0 Å². The van der Waals surface area contributed by atoms with Crippen molar-refractivity contribution >= 4 is 11.7 Å². The Morgan fingerprint density at radius 2 is 2.17 bits per heavy atom. The van der Waals surface area contributed by atoms with Crippen molar-refractivity contribution in [3.63, 3.8) is 0 Å². The van der Waals surface area contributed by atoms with E-state index in [4.69, 9.17) is 4.74 Å². The summed E-state index contributed by atoms with van der Waals surface area (Å²) in [5.74, 6) is 1.88. The molecule has 122 valence electrons. The van der Waals surface area contributed by atoms with Crippen molar-refractivity contribution in [1.82, 2.24) is 9.78 Å². The van der Waals surface area contributed by atoms with Crippen molar-refractivity contribution in [2.45, 2.75) is 39.7 Å². The van der Waals surface area contributed by atoms with Crippen LogP contribution in [0.2, 0.25) is 0 Å². The van der Waals surface area contributed by atoms with Crippen LogP contribution < -0.4 is 10.1 Å². The van der Waals surface area contributed by atoms with Crippen molar-refractivity contribution < 1.29 is 9.53 Å². The first kappa shape index (κ1) is 15.6. The van der Waals surface area contributed by atoms with Crippen LogP contribution in [0, 0.1) is 12.8 Å². The average Bonchev–Trinajstić information content (AvgIpc) is 3.33. The minimum absolute atomic E-state index is 0.165. The van der Waals surface area contributed by atoms with E-state index in [1.54, 1.807) is 6.07 Å². The summed E-state index contributed by atoms with van der Waals surface area (Å²) in [5, 5.41) is 7.47. The molecule has 5 heteroatoms. The first-order chi connectivity index (χ1) is 11.1. The van der Waals surface area contributed by atoms with E-state index in [0.29, 0.717) is 29.9 Å². The van der Waals surface area contributed by atoms with Crippen LogP contribution in [0.25, 0.3) is 0 Å². The molecule has 1 heterocycles. The number of aromatic nitrogens is 2. The van der Waals surface area contributed by atoms with Crippen LogP contribution in [0.3, 0.4) is 0 Å². The van der Waals surface area contributed by atoms with Gasteiger partial charge in [0, 0.05) is 5.56 Å². The first-order valence-electron chi connectivity index (χ1n) is 8.19. The summed E-state index contributed by atoms with van der Waals surface area (Å²) in [7, 11) is 0. The Balaban J connectivity index is 1.85. The molecule has 1 aromatic heterocycles. The molecule has 1 atom stereocenters. The summed E-state index contributed by atoms with van der Waals surface area (Å²) in [6.45, 7) is 6.56. The summed E-state index contributed by atoms with van der Waals surface area (Å²) in [4.78, 5) is 12.7. The van der Waals surface area contributed by atoms with Crippen molar-refractivity contribution in [2.75, 3.05) is 11.9 Å². The van der Waals surface area contributed by atoms with Crippen LogP contribution in [0.5, 0.6) is 5.75 Å². The molecule has 1 aromatic carbocycles. The summed E-state index contributed by atoms with van der Waals surface area (Å²) < 4.78 is 7.49. The standard InChI is InChI=1S/C18H23N3O2/c1-4-23-16-8-6-5-7-15(16)18(22)20-17-12(2)11-19-21(17)13(3)14-9-10-14/h5-8,11,13-14H,4,9-10H2,1-3H3,(H,20,22). The number of para-hydroxylation sites is 1. The number of nitrogens with one attached hydrogen (secondary N) is 1. The lowest BCUT2D eigenvalue weighted by molar-refractivity contribution is 0.102. The van der Waals surface area contributed by atoms with Gasteiger partial charge in [0.15, 0.2) is 0 Å². The average molecular weight is 313 g/mol. The number of hydrogen-bond acceptors (Lipinski definition) is 3. The predicted octanol–water partition coefficient (Wildman–Crippen LogP) is 3.81. The van der Waals surface area contributed by atoms with Gasteiger partial charge in [-0.2, -0.15) is 5.10 Å². The molecule has 1 saturated carbocycles. The minimum Gasteiger partial charge on any atom is -0.493 e. The highest BCUT2D eigenvalue weighted by Crippen LogP contribution is 2.40. The van der Waals surface area contributed by atoms with Gasteiger partial charge in [-0.25, -0.2) is 4.68 Å². The highest BCUT2D eigenvalue weighted by atomic mass is 16.5.